The normalized spacial score (nSPS) is 15.7. The summed E-state index contributed by atoms with van der Waals surface area (Å²) in [6.45, 7) is 0.467. The fourth-order valence-electron chi connectivity index (χ4n) is 1.51. The smallest absolute Gasteiger partial charge is 0.142 e. The topological polar surface area (TPSA) is 45.4 Å². The van der Waals surface area contributed by atoms with Crippen molar-refractivity contribution in [1.29, 1.82) is 5.26 Å². The van der Waals surface area contributed by atoms with Crippen LogP contribution in [0.5, 0.6) is 0 Å². The van der Waals surface area contributed by atoms with E-state index in [4.69, 9.17) is 10.1 Å². The van der Waals surface area contributed by atoms with Crippen LogP contribution in [0, 0.1) is 17.2 Å². The number of rotatable bonds is 4. The van der Waals surface area contributed by atoms with Gasteiger partial charge in [-0.1, -0.05) is 23.7 Å². The average molecular weight is 214 g/mol. The Balaban J connectivity index is 1.76. The first-order valence-corrected chi connectivity index (χ1v) is 5.53. The summed E-state index contributed by atoms with van der Waals surface area (Å²) in [6, 6.07) is 9.43. The second kappa shape index (κ2) is 5.32. The SMILES string of the molecule is N#Cc1ccc(CON=CC2CCC2)cc1. The lowest BCUT2D eigenvalue weighted by Gasteiger charge is -2.19. The Morgan fingerprint density at radius 1 is 1.38 bits per heavy atom. The van der Waals surface area contributed by atoms with Gasteiger partial charge in [-0.25, -0.2) is 0 Å². The molecule has 1 aromatic rings. The third-order valence-corrected chi connectivity index (χ3v) is 2.81. The van der Waals surface area contributed by atoms with E-state index >= 15 is 0 Å². The molecule has 0 amide bonds. The van der Waals surface area contributed by atoms with E-state index in [1.807, 2.05) is 18.3 Å². The molecule has 0 aromatic heterocycles. The minimum Gasteiger partial charge on any atom is -0.391 e. The van der Waals surface area contributed by atoms with Gasteiger partial charge in [-0.3, -0.25) is 0 Å². The van der Waals surface area contributed by atoms with Crippen molar-refractivity contribution in [3.05, 3.63) is 35.4 Å². The summed E-state index contributed by atoms with van der Waals surface area (Å²) in [5.41, 5.74) is 1.70. The van der Waals surface area contributed by atoms with E-state index in [9.17, 15) is 0 Å². The predicted octanol–water partition coefficient (Wildman–Crippen LogP) is 2.86. The van der Waals surface area contributed by atoms with Crippen LogP contribution in [0.4, 0.5) is 0 Å². The fourth-order valence-corrected chi connectivity index (χ4v) is 1.51. The van der Waals surface area contributed by atoms with Gasteiger partial charge in [0.2, 0.25) is 0 Å². The maximum Gasteiger partial charge on any atom is 0.142 e. The van der Waals surface area contributed by atoms with Crippen LogP contribution < -0.4 is 0 Å². The summed E-state index contributed by atoms with van der Waals surface area (Å²) >= 11 is 0. The molecule has 1 saturated carbocycles. The Labute approximate surface area is 95.3 Å². The van der Waals surface area contributed by atoms with Crippen LogP contribution in [0.15, 0.2) is 29.4 Å². The van der Waals surface area contributed by atoms with Crippen molar-refractivity contribution < 1.29 is 4.84 Å². The van der Waals surface area contributed by atoms with E-state index < -0.39 is 0 Å². The molecule has 1 aliphatic rings. The standard InChI is InChI=1S/C13H14N2O/c14-8-11-4-6-13(7-5-11)10-16-15-9-12-2-1-3-12/h4-7,9,12H,1-3,10H2. The minimum atomic E-state index is 0.467. The molecule has 3 nitrogen and oxygen atoms in total. The predicted molar refractivity (Wildman–Crippen MR) is 61.8 cm³/mol. The van der Waals surface area contributed by atoms with Gasteiger partial charge < -0.3 is 4.84 Å². The second-order valence-corrected chi connectivity index (χ2v) is 4.03. The highest BCUT2D eigenvalue weighted by Gasteiger charge is 2.14. The maximum absolute atomic E-state index is 8.63. The Morgan fingerprint density at radius 3 is 2.69 bits per heavy atom. The van der Waals surface area contributed by atoms with E-state index in [1.165, 1.54) is 19.3 Å². The molecule has 0 radical (unpaired) electrons. The molecule has 0 bridgehead atoms. The Morgan fingerprint density at radius 2 is 2.12 bits per heavy atom. The van der Waals surface area contributed by atoms with Crippen LogP contribution in [-0.2, 0) is 11.4 Å². The summed E-state index contributed by atoms with van der Waals surface area (Å²) in [5.74, 6) is 0.626. The molecular formula is C13H14N2O. The van der Waals surface area contributed by atoms with Gasteiger partial charge in [-0.05, 0) is 36.5 Å². The Bertz CT molecular complexity index is 399. The molecule has 0 N–H and O–H groups in total. The summed E-state index contributed by atoms with van der Waals surface area (Å²) in [7, 11) is 0. The van der Waals surface area contributed by atoms with E-state index in [0.29, 0.717) is 18.1 Å². The third-order valence-electron chi connectivity index (χ3n) is 2.81. The monoisotopic (exact) mass is 214 g/mol. The molecular weight excluding hydrogens is 200 g/mol. The molecule has 82 valence electrons. The zero-order valence-corrected chi connectivity index (χ0v) is 9.10. The van der Waals surface area contributed by atoms with Crippen molar-refractivity contribution in [2.45, 2.75) is 25.9 Å². The fraction of sp³-hybridized carbons (Fsp3) is 0.385. The molecule has 0 unspecified atom stereocenters. The van der Waals surface area contributed by atoms with Gasteiger partial charge in [-0.2, -0.15) is 5.26 Å². The maximum atomic E-state index is 8.63. The summed E-state index contributed by atoms with van der Waals surface area (Å²) < 4.78 is 0. The van der Waals surface area contributed by atoms with Crippen LogP contribution in [-0.4, -0.2) is 6.21 Å². The van der Waals surface area contributed by atoms with Crippen molar-refractivity contribution >= 4 is 6.21 Å². The average Bonchev–Trinajstić information content (AvgIpc) is 2.27. The number of oxime groups is 1. The van der Waals surface area contributed by atoms with Crippen LogP contribution in [0.2, 0.25) is 0 Å². The number of nitrogens with zero attached hydrogens (tertiary/aromatic N) is 2. The van der Waals surface area contributed by atoms with Gasteiger partial charge in [0.05, 0.1) is 11.6 Å². The van der Waals surface area contributed by atoms with Crippen LogP contribution in [0.1, 0.15) is 30.4 Å². The lowest BCUT2D eigenvalue weighted by Crippen LogP contribution is -2.11. The van der Waals surface area contributed by atoms with Gasteiger partial charge in [0.25, 0.3) is 0 Å². The minimum absolute atomic E-state index is 0.467. The molecule has 1 aliphatic carbocycles. The van der Waals surface area contributed by atoms with E-state index in [0.717, 1.165) is 5.56 Å². The number of nitriles is 1. The zero-order chi connectivity index (χ0) is 11.2. The lowest BCUT2D eigenvalue weighted by molar-refractivity contribution is 0.129. The molecule has 0 spiro atoms. The largest absolute Gasteiger partial charge is 0.391 e. The van der Waals surface area contributed by atoms with Crippen LogP contribution in [0.25, 0.3) is 0 Å². The number of hydrogen-bond donors (Lipinski definition) is 0. The molecule has 1 aromatic carbocycles. The van der Waals surface area contributed by atoms with Gasteiger partial charge >= 0.3 is 0 Å². The van der Waals surface area contributed by atoms with E-state index in [2.05, 4.69) is 11.2 Å². The first-order valence-electron chi connectivity index (χ1n) is 5.53. The summed E-state index contributed by atoms with van der Waals surface area (Å²) in [4.78, 5) is 5.19. The first kappa shape index (κ1) is 10.7. The highest BCUT2D eigenvalue weighted by Crippen LogP contribution is 2.24. The molecule has 2 rings (SSSR count). The van der Waals surface area contributed by atoms with Crippen molar-refractivity contribution in [1.82, 2.24) is 0 Å². The van der Waals surface area contributed by atoms with Crippen molar-refractivity contribution in [3.8, 4) is 6.07 Å². The van der Waals surface area contributed by atoms with Crippen molar-refractivity contribution in [2.24, 2.45) is 11.1 Å². The molecule has 0 saturated heterocycles. The molecule has 0 aliphatic heterocycles. The molecule has 0 atom stereocenters. The third kappa shape index (κ3) is 2.83. The first-order chi connectivity index (χ1) is 7.88. The van der Waals surface area contributed by atoms with E-state index in [-0.39, 0.29) is 0 Å². The Kier molecular flexibility index (Phi) is 3.55. The molecule has 16 heavy (non-hydrogen) atoms. The zero-order valence-electron chi connectivity index (χ0n) is 9.10. The van der Waals surface area contributed by atoms with Crippen molar-refractivity contribution in [3.63, 3.8) is 0 Å². The van der Waals surface area contributed by atoms with Crippen molar-refractivity contribution in [2.75, 3.05) is 0 Å². The molecule has 3 heteroatoms. The highest BCUT2D eigenvalue weighted by atomic mass is 16.6. The second-order valence-electron chi connectivity index (χ2n) is 4.03. The summed E-state index contributed by atoms with van der Waals surface area (Å²) in [6.07, 6.45) is 5.69. The number of benzene rings is 1. The lowest BCUT2D eigenvalue weighted by atomic mass is 9.87. The van der Waals surface area contributed by atoms with Gasteiger partial charge in [-0.15, -0.1) is 0 Å². The molecule has 0 heterocycles. The van der Waals surface area contributed by atoms with Crippen LogP contribution in [0.3, 0.4) is 0 Å². The van der Waals surface area contributed by atoms with Gasteiger partial charge in [0.1, 0.15) is 6.61 Å². The molecule has 1 fully saturated rings. The number of hydrogen-bond acceptors (Lipinski definition) is 3. The Hall–Kier alpha value is -1.82. The van der Waals surface area contributed by atoms with E-state index in [1.54, 1.807) is 12.1 Å². The summed E-state index contributed by atoms with van der Waals surface area (Å²) in [5, 5.41) is 12.6. The van der Waals surface area contributed by atoms with Gasteiger partial charge in [0, 0.05) is 6.21 Å². The van der Waals surface area contributed by atoms with Crippen LogP contribution >= 0.6 is 0 Å². The highest BCUT2D eigenvalue weighted by molar-refractivity contribution is 5.60. The van der Waals surface area contributed by atoms with Gasteiger partial charge in [0.15, 0.2) is 0 Å². The quantitative estimate of drug-likeness (QED) is 0.571.